The molecule has 0 radical (unpaired) electrons. The maximum atomic E-state index is 14.4. The van der Waals surface area contributed by atoms with E-state index in [0.717, 1.165) is 47.9 Å². The fourth-order valence-corrected chi connectivity index (χ4v) is 10.7. The number of unbranched alkanes of at least 4 members (excludes halogenated alkanes) is 1. The highest BCUT2D eigenvalue weighted by Gasteiger charge is 2.52. The Hall–Kier alpha value is -5.96. The van der Waals surface area contributed by atoms with E-state index in [2.05, 4.69) is 68.9 Å². The second-order valence-corrected chi connectivity index (χ2v) is 21.6. The molecular weight excluding hydrogens is 903 g/mol. The van der Waals surface area contributed by atoms with E-state index in [-0.39, 0.29) is 43.3 Å². The Kier molecular flexibility index (Phi) is 14.9. The second kappa shape index (κ2) is 20.6. The monoisotopic (exact) mass is 974 g/mol. The molecule has 4 aromatic rings. The van der Waals surface area contributed by atoms with Gasteiger partial charge in [0.2, 0.25) is 6.79 Å². The van der Waals surface area contributed by atoms with Gasteiger partial charge in [0.1, 0.15) is 5.76 Å². The van der Waals surface area contributed by atoms with E-state index < -0.39 is 59.8 Å². The van der Waals surface area contributed by atoms with Gasteiger partial charge >= 0.3 is 17.9 Å². The van der Waals surface area contributed by atoms with Crippen LogP contribution in [0.1, 0.15) is 155 Å². The Balaban J connectivity index is 1.08. The van der Waals surface area contributed by atoms with Gasteiger partial charge in [-0.15, -0.1) is 0 Å². The van der Waals surface area contributed by atoms with Crippen molar-refractivity contribution in [1.82, 2.24) is 14.7 Å². The molecular formula is C57H71N3O11. The number of esters is 3. The van der Waals surface area contributed by atoms with Gasteiger partial charge in [-0.3, -0.25) is 14.4 Å². The van der Waals surface area contributed by atoms with Crippen LogP contribution in [0.15, 0.2) is 78.8 Å². The van der Waals surface area contributed by atoms with Gasteiger partial charge in [-0.2, -0.15) is 5.10 Å². The van der Waals surface area contributed by atoms with Crippen LogP contribution in [0.4, 0.5) is 0 Å². The maximum absolute atomic E-state index is 14.4. The van der Waals surface area contributed by atoms with Gasteiger partial charge in [-0.05, 0) is 139 Å². The first-order valence-corrected chi connectivity index (χ1v) is 25.0. The van der Waals surface area contributed by atoms with Crippen LogP contribution in [0.25, 0.3) is 12.2 Å². The molecule has 0 fully saturated rings. The third kappa shape index (κ3) is 11.2. The van der Waals surface area contributed by atoms with Gasteiger partial charge in [-0.25, -0.2) is 9.59 Å². The summed E-state index contributed by atoms with van der Waals surface area (Å²) in [5.74, 6) is -1.53. The lowest BCUT2D eigenvalue weighted by Gasteiger charge is -2.42. The molecule has 8 rings (SSSR count). The van der Waals surface area contributed by atoms with E-state index in [4.69, 9.17) is 28.4 Å². The highest BCUT2D eigenvalue weighted by molar-refractivity contribution is 5.90. The Morgan fingerprint density at radius 1 is 0.901 bits per heavy atom. The summed E-state index contributed by atoms with van der Waals surface area (Å²) in [7, 11) is 2.67. The van der Waals surface area contributed by atoms with Gasteiger partial charge in [0.05, 0.1) is 38.3 Å². The van der Waals surface area contributed by atoms with Crippen LogP contribution in [0.3, 0.4) is 0 Å². The summed E-state index contributed by atoms with van der Waals surface area (Å²) in [5, 5.41) is 26.8. The highest BCUT2D eigenvalue weighted by atomic mass is 16.7. The summed E-state index contributed by atoms with van der Waals surface area (Å²) in [4.78, 5) is 43.4. The number of aromatic nitrogens is 2. The number of nitrogens with zero attached hydrogens (tertiary/aromatic N) is 3. The molecule has 4 aliphatic rings. The van der Waals surface area contributed by atoms with E-state index in [1.165, 1.54) is 30.9 Å². The lowest BCUT2D eigenvalue weighted by molar-refractivity contribution is -0.178. The van der Waals surface area contributed by atoms with Crippen LogP contribution >= 0.6 is 0 Å². The van der Waals surface area contributed by atoms with Crippen LogP contribution in [0.5, 0.6) is 11.5 Å². The van der Waals surface area contributed by atoms with Crippen molar-refractivity contribution >= 4 is 30.1 Å². The van der Waals surface area contributed by atoms with Crippen molar-refractivity contribution < 1.29 is 53.0 Å². The lowest BCUT2D eigenvalue weighted by atomic mass is 9.62. The molecule has 0 amide bonds. The Bertz CT molecular complexity index is 2650. The number of hydrogen-bond acceptors (Lipinski definition) is 13. The molecule has 0 saturated heterocycles. The van der Waals surface area contributed by atoms with Crippen molar-refractivity contribution in [2.24, 2.45) is 0 Å². The number of carbonyl (C=O) groups excluding carboxylic acids is 3. The average molecular weight is 974 g/mol. The number of methoxy groups -OCH3 is 2. The Morgan fingerprint density at radius 3 is 2.25 bits per heavy atom. The molecule has 5 atom stereocenters. The zero-order valence-electron chi connectivity index (χ0n) is 42.8. The smallest absolute Gasteiger partial charge is 0.339 e. The van der Waals surface area contributed by atoms with E-state index in [1.54, 1.807) is 32.2 Å². The summed E-state index contributed by atoms with van der Waals surface area (Å²) in [6.45, 7) is 15.9. The minimum absolute atomic E-state index is 0.0278. The number of benzene rings is 3. The van der Waals surface area contributed by atoms with E-state index in [9.17, 15) is 24.6 Å². The van der Waals surface area contributed by atoms with Gasteiger partial charge < -0.3 is 38.6 Å². The first kappa shape index (κ1) is 51.4. The molecule has 3 unspecified atom stereocenters. The molecule has 2 aliphatic heterocycles. The molecule has 0 saturated carbocycles. The molecule has 380 valence electrons. The molecule has 14 nitrogen and oxygen atoms in total. The summed E-state index contributed by atoms with van der Waals surface area (Å²) in [6, 6.07) is 17.4. The molecule has 3 heterocycles. The summed E-state index contributed by atoms with van der Waals surface area (Å²) >= 11 is 0. The lowest BCUT2D eigenvalue weighted by Crippen LogP contribution is -2.48. The third-order valence-corrected chi connectivity index (χ3v) is 15.0. The highest BCUT2D eigenvalue weighted by Crippen LogP contribution is 2.50. The maximum Gasteiger partial charge on any atom is 0.339 e. The molecule has 2 N–H and O–H groups in total. The van der Waals surface area contributed by atoms with Crippen molar-refractivity contribution in [3.05, 3.63) is 123 Å². The first-order chi connectivity index (χ1) is 33.7. The largest absolute Gasteiger partial charge is 0.497 e. The van der Waals surface area contributed by atoms with Gasteiger partial charge in [0, 0.05) is 37.3 Å². The fraction of sp³-hybridized carbons (Fsp3) is 0.509. The van der Waals surface area contributed by atoms with Crippen molar-refractivity contribution in [1.29, 1.82) is 0 Å². The zero-order valence-corrected chi connectivity index (χ0v) is 42.8. The number of carbonyl (C=O) groups is 3. The molecule has 71 heavy (non-hydrogen) atoms. The quantitative estimate of drug-likeness (QED) is 0.0551. The molecule has 3 aromatic carbocycles. The van der Waals surface area contributed by atoms with E-state index in [0.29, 0.717) is 35.9 Å². The average Bonchev–Trinajstić information content (AvgIpc) is 4.08. The number of fused-ring (bicyclic) bond motifs is 5. The van der Waals surface area contributed by atoms with Crippen LogP contribution in [-0.4, -0.2) is 99.9 Å². The molecule has 0 spiro atoms. The molecule has 2 aliphatic carbocycles. The molecule has 14 heteroatoms. The van der Waals surface area contributed by atoms with Crippen LogP contribution < -0.4 is 9.47 Å². The minimum Gasteiger partial charge on any atom is -0.497 e. The number of hydrogen-bond donors (Lipinski definition) is 2. The van der Waals surface area contributed by atoms with Crippen LogP contribution in [-0.2, 0) is 52.3 Å². The fourth-order valence-electron chi connectivity index (χ4n) is 10.7. The van der Waals surface area contributed by atoms with E-state index in [1.807, 2.05) is 47.3 Å². The molecule has 0 bridgehead atoms. The van der Waals surface area contributed by atoms with Gasteiger partial charge in [0.25, 0.3) is 0 Å². The molecule has 1 aromatic heterocycles. The summed E-state index contributed by atoms with van der Waals surface area (Å²) in [6.07, 6.45) is 11.9. The SMILES string of the molecule is CCCCN1C(OC(=O)c2ccc(/C=C/c3cc4c(cc3Cn3cccn3)C(C)(C)CCC4(C)C)cc2)Cc2cc3c(cc2[C@H]2C1C=C(OC)[C@H]2OC(=O)C(O)(CCCC(C)(C)O)CC(=O)OC)OCO3. The van der Waals surface area contributed by atoms with Crippen LogP contribution in [0.2, 0.25) is 0 Å². The predicted octanol–water partition coefficient (Wildman–Crippen LogP) is 9.16. The Labute approximate surface area is 417 Å². The summed E-state index contributed by atoms with van der Waals surface area (Å²) in [5.41, 5.74) is 4.76. The van der Waals surface area contributed by atoms with Crippen molar-refractivity contribution in [2.45, 2.75) is 159 Å². The van der Waals surface area contributed by atoms with Crippen LogP contribution in [0, 0.1) is 0 Å². The van der Waals surface area contributed by atoms with Gasteiger partial charge in [0.15, 0.2) is 29.4 Å². The first-order valence-electron chi connectivity index (χ1n) is 25.0. The number of aliphatic hydroxyl groups is 2. The second-order valence-electron chi connectivity index (χ2n) is 21.6. The van der Waals surface area contributed by atoms with Crippen molar-refractivity contribution in [3.8, 4) is 11.5 Å². The minimum atomic E-state index is -2.26. The Morgan fingerprint density at radius 2 is 1.61 bits per heavy atom. The predicted molar refractivity (Wildman–Crippen MR) is 269 cm³/mol. The summed E-state index contributed by atoms with van der Waals surface area (Å²) < 4.78 is 37.3. The van der Waals surface area contributed by atoms with Crippen molar-refractivity contribution in [3.63, 3.8) is 0 Å². The number of rotatable bonds is 18. The topological polar surface area (TPSA) is 168 Å². The standard InChI is InChI=1S/C57H71N3O11/c1-10-11-26-60-44-32-47(66-8)51(71-53(63)57(65,33-49(61)67-9)21-12-20-56(6,7)64)50(44)41-31-46-45(68-35-69-46)29-39(41)30-48(60)70-52(62)37-17-14-36(15-18-37)16-19-38-27-42-43(55(4,5)23-22-54(42,2)3)28-40(38)34-59-25-13-24-58-59/h13-19,24-25,27-29,31-32,44,48,50-51,64-65H,10-12,20-23,26,30,33-35H2,1-9H3/b19-16+/t44?,48?,50-,51+,57?/m0/s1. The third-order valence-electron chi connectivity index (χ3n) is 15.0. The zero-order chi connectivity index (χ0) is 50.9. The number of ether oxygens (including phenoxy) is 6. The van der Waals surface area contributed by atoms with E-state index >= 15 is 0 Å². The van der Waals surface area contributed by atoms with Crippen molar-refractivity contribution in [2.75, 3.05) is 27.6 Å². The normalized spacial score (nSPS) is 21.8. The van der Waals surface area contributed by atoms with Gasteiger partial charge in [-0.1, -0.05) is 77.5 Å².